The predicted octanol–water partition coefficient (Wildman–Crippen LogP) is 1.82. The summed E-state index contributed by atoms with van der Waals surface area (Å²) < 4.78 is 0. The summed E-state index contributed by atoms with van der Waals surface area (Å²) in [5.41, 5.74) is 2.98. The van der Waals surface area contributed by atoms with Crippen molar-refractivity contribution < 1.29 is 9.90 Å². The lowest BCUT2D eigenvalue weighted by Crippen LogP contribution is -2.11. The van der Waals surface area contributed by atoms with Crippen molar-refractivity contribution in [3.8, 4) is 0 Å². The van der Waals surface area contributed by atoms with Gasteiger partial charge in [-0.3, -0.25) is 5.84 Å². The van der Waals surface area contributed by atoms with Crippen molar-refractivity contribution in [1.82, 2.24) is 0 Å². The number of carboxylic acids is 1. The van der Waals surface area contributed by atoms with Crippen LogP contribution in [0.1, 0.15) is 10.4 Å². The molecule has 0 amide bonds. The molecule has 76 valence electrons. The Labute approximate surface area is 86.3 Å². The topological polar surface area (TPSA) is 75.3 Å². The highest BCUT2D eigenvalue weighted by Crippen LogP contribution is 2.23. The van der Waals surface area contributed by atoms with Crippen LogP contribution < -0.4 is 11.3 Å². The van der Waals surface area contributed by atoms with Gasteiger partial charge in [-0.05, 0) is 22.9 Å². The molecule has 0 saturated heterocycles. The summed E-state index contributed by atoms with van der Waals surface area (Å²) in [7, 11) is 0. The summed E-state index contributed by atoms with van der Waals surface area (Å²) >= 11 is 0. The second kappa shape index (κ2) is 3.59. The fraction of sp³-hybridized carbons (Fsp3) is 0. The van der Waals surface area contributed by atoms with E-state index in [2.05, 4.69) is 5.43 Å². The van der Waals surface area contributed by atoms with E-state index in [-0.39, 0.29) is 5.56 Å². The highest BCUT2D eigenvalue weighted by Gasteiger charge is 2.10. The first kappa shape index (κ1) is 9.48. The molecule has 0 aliphatic rings. The molecule has 0 spiro atoms. The number of nitrogens with one attached hydrogen (secondary N) is 1. The van der Waals surface area contributed by atoms with Crippen LogP contribution in [0, 0.1) is 0 Å². The zero-order valence-corrected chi connectivity index (χ0v) is 7.90. The maximum Gasteiger partial charge on any atom is 0.337 e. The first-order valence-corrected chi connectivity index (χ1v) is 4.45. The lowest BCUT2D eigenvalue weighted by atomic mass is 10.1. The maximum absolute atomic E-state index is 10.9. The van der Waals surface area contributed by atoms with Crippen LogP contribution in [0.5, 0.6) is 0 Å². The van der Waals surface area contributed by atoms with Crippen LogP contribution in [0.25, 0.3) is 10.8 Å². The van der Waals surface area contributed by atoms with Crippen molar-refractivity contribution in [2.75, 3.05) is 5.43 Å². The number of aromatic carboxylic acids is 1. The number of hydrogen-bond acceptors (Lipinski definition) is 3. The molecule has 0 fully saturated rings. The fourth-order valence-corrected chi connectivity index (χ4v) is 1.54. The minimum Gasteiger partial charge on any atom is -0.478 e. The van der Waals surface area contributed by atoms with E-state index in [9.17, 15) is 4.79 Å². The van der Waals surface area contributed by atoms with Gasteiger partial charge in [0.2, 0.25) is 0 Å². The minimum atomic E-state index is -0.992. The van der Waals surface area contributed by atoms with Gasteiger partial charge in [0.15, 0.2) is 0 Å². The van der Waals surface area contributed by atoms with Crippen molar-refractivity contribution in [3.05, 3.63) is 42.0 Å². The van der Waals surface area contributed by atoms with E-state index in [0.29, 0.717) is 5.69 Å². The number of carbonyl (C=O) groups is 1. The van der Waals surface area contributed by atoms with Gasteiger partial charge in [0.1, 0.15) is 0 Å². The first-order valence-electron chi connectivity index (χ1n) is 4.45. The number of carboxylic acid groups (broad SMARTS) is 1. The van der Waals surface area contributed by atoms with Crippen LogP contribution in [0.2, 0.25) is 0 Å². The Morgan fingerprint density at radius 2 is 1.80 bits per heavy atom. The van der Waals surface area contributed by atoms with E-state index >= 15 is 0 Å². The number of nitrogen functional groups attached to an aromatic ring is 1. The van der Waals surface area contributed by atoms with Gasteiger partial charge in [0.25, 0.3) is 0 Å². The van der Waals surface area contributed by atoms with Gasteiger partial charge in [0, 0.05) is 0 Å². The average molecular weight is 202 g/mol. The molecular weight excluding hydrogens is 192 g/mol. The Morgan fingerprint density at radius 1 is 1.20 bits per heavy atom. The maximum atomic E-state index is 10.9. The van der Waals surface area contributed by atoms with Gasteiger partial charge in [-0.25, -0.2) is 4.79 Å². The first-order chi connectivity index (χ1) is 7.22. The van der Waals surface area contributed by atoms with Crippen LogP contribution in [0.3, 0.4) is 0 Å². The highest BCUT2D eigenvalue weighted by atomic mass is 16.4. The van der Waals surface area contributed by atoms with Gasteiger partial charge < -0.3 is 10.5 Å². The van der Waals surface area contributed by atoms with Crippen molar-refractivity contribution >= 4 is 22.4 Å². The fourth-order valence-electron chi connectivity index (χ4n) is 1.54. The third kappa shape index (κ3) is 1.62. The summed E-state index contributed by atoms with van der Waals surface area (Å²) in [6.07, 6.45) is 0. The summed E-state index contributed by atoms with van der Waals surface area (Å²) in [6.45, 7) is 0. The molecule has 0 saturated carbocycles. The van der Waals surface area contributed by atoms with Crippen LogP contribution >= 0.6 is 0 Å². The van der Waals surface area contributed by atoms with E-state index in [1.807, 2.05) is 24.3 Å². The summed E-state index contributed by atoms with van der Waals surface area (Å²) in [5.74, 6) is 4.27. The Hall–Kier alpha value is -2.07. The molecule has 4 heteroatoms. The quantitative estimate of drug-likeness (QED) is 0.513. The predicted molar refractivity (Wildman–Crippen MR) is 58.7 cm³/mol. The number of hydrogen-bond donors (Lipinski definition) is 3. The average Bonchev–Trinajstić information content (AvgIpc) is 2.27. The lowest BCUT2D eigenvalue weighted by Gasteiger charge is -2.07. The second-order valence-electron chi connectivity index (χ2n) is 3.19. The minimum absolute atomic E-state index is 0.177. The largest absolute Gasteiger partial charge is 0.478 e. The van der Waals surface area contributed by atoms with Crippen LogP contribution in [0.4, 0.5) is 5.69 Å². The third-order valence-electron chi connectivity index (χ3n) is 2.27. The number of benzene rings is 2. The molecule has 0 aromatic heterocycles. The van der Waals surface area contributed by atoms with E-state index < -0.39 is 5.97 Å². The number of fused-ring (bicyclic) bond motifs is 1. The molecule has 0 aliphatic heterocycles. The number of anilines is 1. The van der Waals surface area contributed by atoms with Crippen LogP contribution in [-0.2, 0) is 0 Å². The molecule has 4 nitrogen and oxygen atoms in total. The Kier molecular flexibility index (Phi) is 2.27. The SMILES string of the molecule is NNc1cc2ccccc2cc1C(=O)O. The van der Waals surface area contributed by atoms with Gasteiger partial charge in [-0.2, -0.15) is 0 Å². The molecule has 0 aliphatic carbocycles. The molecule has 15 heavy (non-hydrogen) atoms. The molecular formula is C11H10N2O2. The van der Waals surface area contributed by atoms with Gasteiger partial charge >= 0.3 is 5.97 Å². The molecule has 0 bridgehead atoms. The summed E-state index contributed by atoms with van der Waals surface area (Å²) in [4.78, 5) is 10.9. The molecule has 0 atom stereocenters. The normalized spacial score (nSPS) is 10.2. The zero-order valence-electron chi connectivity index (χ0n) is 7.90. The molecule has 0 heterocycles. The Morgan fingerprint density at radius 3 is 2.33 bits per heavy atom. The van der Waals surface area contributed by atoms with Crippen molar-refractivity contribution in [3.63, 3.8) is 0 Å². The zero-order chi connectivity index (χ0) is 10.8. The summed E-state index contributed by atoms with van der Waals surface area (Å²) in [5, 5.41) is 10.8. The van der Waals surface area contributed by atoms with Gasteiger partial charge in [-0.1, -0.05) is 24.3 Å². The molecule has 2 aromatic rings. The van der Waals surface area contributed by atoms with Crippen LogP contribution in [-0.4, -0.2) is 11.1 Å². The monoisotopic (exact) mass is 202 g/mol. The summed E-state index contributed by atoms with van der Waals surface area (Å²) in [6, 6.07) is 10.8. The van der Waals surface area contributed by atoms with Crippen molar-refractivity contribution in [2.24, 2.45) is 5.84 Å². The number of hydrazine groups is 1. The Balaban J connectivity index is 2.74. The van der Waals surface area contributed by atoms with Gasteiger partial charge in [-0.15, -0.1) is 0 Å². The molecule has 0 unspecified atom stereocenters. The van der Waals surface area contributed by atoms with E-state index in [1.54, 1.807) is 12.1 Å². The van der Waals surface area contributed by atoms with E-state index in [1.165, 1.54) is 0 Å². The van der Waals surface area contributed by atoms with Gasteiger partial charge in [0.05, 0.1) is 11.3 Å². The second-order valence-corrected chi connectivity index (χ2v) is 3.19. The highest BCUT2D eigenvalue weighted by molar-refractivity contribution is 6.00. The van der Waals surface area contributed by atoms with Crippen molar-refractivity contribution in [2.45, 2.75) is 0 Å². The Bertz CT molecular complexity index is 523. The van der Waals surface area contributed by atoms with Crippen LogP contribution in [0.15, 0.2) is 36.4 Å². The molecule has 0 radical (unpaired) electrons. The van der Waals surface area contributed by atoms with Crippen molar-refractivity contribution in [1.29, 1.82) is 0 Å². The third-order valence-corrected chi connectivity index (χ3v) is 2.27. The molecule has 2 aromatic carbocycles. The number of rotatable bonds is 2. The molecule has 2 rings (SSSR count). The smallest absolute Gasteiger partial charge is 0.337 e. The van der Waals surface area contributed by atoms with E-state index in [4.69, 9.17) is 10.9 Å². The standard InChI is InChI=1S/C11H10N2O2/c12-13-10-6-8-4-2-1-3-7(8)5-9(10)11(14)15/h1-6,13H,12H2,(H,14,15). The number of nitrogens with two attached hydrogens (primary N) is 1. The van der Waals surface area contributed by atoms with E-state index in [0.717, 1.165) is 10.8 Å². The molecule has 4 N–H and O–H groups in total. The lowest BCUT2D eigenvalue weighted by molar-refractivity contribution is 0.0698.